The van der Waals surface area contributed by atoms with Crippen LogP contribution in [0.4, 0.5) is 0 Å². The second-order valence-electron chi connectivity index (χ2n) is 5.68. The molecule has 0 heterocycles. The molecule has 0 unspecified atom stereocenters. The summed E-state index contributed by atoms with van der Waals surface area (Å²) in [7, 11) is 0. The summed E-state index contributed by atoms with van der Waals surface area (Å²) in [5.41, 5.74) is 7.07. The molecule has 0 saturated carbocycles. The molecular formula is C22H21N. The fourth-order valence-corrected chi connectivity index (χ4v) is 2.82. The number of rotatable bonds is 5. The van der Waals surface area contributed by atoms with Gasteiger partial charge in [0.15, 0.2) is 0 Å². The third kappa shape index (κ3) is 3.51. The molecule has 0 fully saturated rings. The van der Waals surface area contributed by atoms with E-state index in [0.29, 0.717) is 0 Å². The van der Waals surface area contributed by atoms with Gasteiger partial charge in [0.1, 0.15) is 0 Å². The standard InChI is InChI=1S/C22H21N/c1-17-10-9-15-21(20-13-7-4-8-14-20)22(17)18(2)23-16-19-11-5-3-6-12-19/h3-15,23H,2,16H2,1H3. The van der Waals surface area contributed by atoms with Crippen LogP contribution in [0.25, 0.3) is 16.8 Å². The number of nitrogens with one attached hydrogen (secondary N) is 1. The van der Waals surface area contributed by atoms with Crippen molar-refractivity contribution >= 4 is 5.70 Å². The molecule has 0 aromatic heterocycles. The molecule has 0 saturated heterocycles. The van der Waals surface area contributed by atoms with Gasteiger partial charge in [0.25, 0.3) is 0 Å². The van der Waals surface area contributed by atoms with E-state index in [1.807, 2.05) is 12.1 Å². The minimum Gasteiger partial charge on any atom is -0.381 e. The van der Waals surface area contributed by atoms with Gasteiger partial charge in [-0.1, -0.05) is 85.4 Å². The van der Waals surface area contributed by atoms with Gasteiger partial charge in [-0.3, -0.25) is 0 Å². The van der Waals surface area contributed by atoms with Crippen LogP contribution in [-0.2, 0) is 6.54 Å². The molecule has 1 heteroatoms. The topological polar surface area (TPSA) is 12.0 Å². The van der Waals surface area contributed by atoms with Gasteiger partial charge in [0.05, 0.1) is 0 Å². The molecule has 0 aliphatic rings. The first kappa shape index (κ1) is 15.1. The molecular weight excluding hydrogens is 278 g/mol. The predicted molar refractivity (Wildman–Crippen MR) is 98.9 cm³/mol. The first-order chi connectivity index (χ1) is 11.3. The SMILES string of the molecule is C=C(NCc1ccccc1)c1c(C)cccc1-c1ccccc1. The van der Waals surface area contributed by atoms with Crippen molar-refractivity contribution in [1.29, 1.82) is 0 Å². The number of hydrogen-bond donors (Lipinski definition) is 1. The zero-order valence-corrected chi connectivity index (χ0v) is 13.4. The lowest BCUT2D eigenvalue weighted by atomic mass is 9.94. The molecule has 3 aromatic carbocycles. The van der Waals surface area contributed by atoms with Gasteiger partial charge < -0.3 is 5.32 Å². The van der Waals surface area contributed by atoms with Gasteiger partial charge >= 0.3 is 0 Å². The smallest absolute Gasteiger partial charge is 0.0400 e. The molecule has 0 spiro atoms. The molecule has 0 aliphatic carbocycles. The lowest BCUT2D eigenvalue weighted by Gasteiger charge is -2.17. The summed E-state index contributed by atoms with van der Waals surface area (Å²) in [6.45, 7) is 7.19. The Hall–Kier alpha value is -2.80. The number of benzene rings is 3. The summed E-state index contributed by atoms with van der Waals surface area (Å²) < 4.78 is 0. The molecule has 23 heavy (non-hydrogen) atoms. The predicted octanol–water partition coefficient (Wildman–Crippen LogP) is 5.42. The van der Waals surface area contributed by atoms with Crippen LogP contribution in [0, 0.1) is 6.92 Å². The molecule has 3 rings (SSSR count). The van der Waals surface area contributed by atoms with Crippen molar-refractivity contribution in [2.24, 2.45) is 0 Å². The van der Waals surface area contributed by atoms with Gasteiger partial charge in [-0.05, 0) is 29.2 Å². The highest BCUT2D eigenvalue weighted by molar-refractivity contribution is 5.81. The van der Waals surface area contributed by atoms with Gasteiger partial charge in [-0.2, -0.15) is 0 Å². The molecule has 0 atom stereocenters. The summed E-state index contributed by atoms with van der Waals surface area (Å²) in [5, 5.41) is 3.47. The minimum absolute atomic E-state index is 0.780. The van der Waals surface area contributed by atoms with E-state index in [-0.39, 0.29) is 0 Å². The Morgan fingerprint density at radius 2 is 1.48 bits per heavy atom. The van der Waals surface area contributed by atoms with Crippen LogP contribution in [0.15, 0.2) is 85.4 Å². The normalized spacial score (nSPS) is 10.3. The van der Waals surface area contributed by atoms with Crippen molar-refractivity contribution in [1.82, 2.24) is 5.32 Å². The Bertz CT molecular complexity index is 789. The highest BCUT2D eigenvalue weighted by Crippen LogP contribution is 2.29. The Morgan fingerprint density at radius 3 is 2.17 bits per heavy atom. The van der Waals surface area contributed by atoms with E-state index in [1.54, 1.807) is 0 Å². The fraction of sp³-hybridized carbons (Fsp3) is 0.0909. The minimum atomic E-state index is 0.780. The average Bonchev–Trinajstić information content (AvgIpc) is 2.61. The third-order valence-electron chi connectivity index (χ3n) is 4.01. The lowest BCUT2D eigenvalue weighted by molar-refractivity contribution is 0.891. The van der Waals surface area contributed by atoms with E-state index in [1.165, 1.54) is 27.8 Å². The Morgan fingerprint density at radius 1 is 0.826 bits per heavy atom. The van der Waals surface area contributed by atoms with Crippen LogP contribution >= 0.6 is 0 Å². The maximum absolute atomic E-state index is 4.28. The van der Waals surface area contributed by atoms with Crippen LogP contribution in [0.3, 0.4) is 0 Å². The van der Waals surface area contributed by atoms with Gasteiger partial charge in [0.2, 0.25) is 0 Å². The zero-order valence-electron chi connectivity index (χ0n) is 13.4. The van der Waals surface area contributed by atoms with Gasteiger partial charge in [0, 0.05) is 17.8 Å². The third-order valence-corrected chi connectivity index (χ3v) is 4.01. The van der Waals surface area contributed by atoms with E-state index >= 15 is 0 Å². The monoisotopic (exact) mass is 299 g/mol. The molecule has 0 amide bonds. The summed E-state index contributed by atoms with van der Waals surface area (Å²) >= 11 is 0. The van der Waals surface area contributed by atoms with Crippen molar-refractivity contribution < 1.29 is 0 Å². The first-order valence-corrected chi connectivity index (χ1v) is 7.88. The molecule has 1 N–H and O–H groups in total. The van der Waals surface area contributed by atoms with Crippen LogP contribution in [0.2, 0.25) is 0 Å². The Labute approximate surface area is 138 Å². The van der Waals surface area contributed by atoms with Crippen molar-refractivity contribution in [2.75, 3.05) is 0 Å². The average molecular weight is 299 g/mol. The highest BCUT2D eigenvalue weighted by atomic mass is 14.9. The summed E-state index contributed by atoms with van der Waals surface area (Å²) in [4.78, 5) is 0. The van der Waals surface area contributed by atoms with Crippen LogP contribution in [0.1, 0.15) is 16.7 Å². The largest absolute Gasteiger partial charge is 0.381 e. The molecule has 3 aromatic rings. The first-order valence-electron chi connectivity index (χ1n) is 7.88. The maximum Gasteiger partial charge on any atom is 0.0400 e. The van der Waals surface area contributed by atoms with E-state index in [9.17, 15) is 0 Å². The molecule has 1 nitrogen and oxygen atoms in total. The molecule has 0 radical (unpaired) electrons. The fourth-order valence-electron chi connectivity index (χ4n) is 2.82. The Balaban J connectivity index is 1.88. The quantitative estimate of drug-likeness (QED) is 0.663. The van der Waals surface area contributed by atoms with Crippen LogP contribution < -0.4 is 5.32 Å². The maximum atomic E-state index is 4.28. The van der Waals surface area contributed by atoms with Crippen molar-refractivity contribution in [3.8, 4) is 11.1 Å². The van der Waals surface area contributed by atoms with E-state index in [0.717, 1.165) is 12.2 Å². The van der Waals surface area contributed by atoms with Crippen molar-refractivity contribution in [2.45, 2.75) is 13.5 Å². The van der Waals surface area contributed by atoms with Gasteiger partial charge in [-0.25, -0.2) is 0 Å². The highest BCUT2D eigenvalue weighted by Gasteiger charge is 2.10. The molecule has 0 aliphatic heterocycles. The van der Waals surface area contributed by atoms with E-state index in [4.69, 9.17) is 0 Å². The Kier molecular flexibility index (Phi) is 4.58. The van der Waals surface area contributed by atoms with Crippen molar-refractivity contribution in [3.63, 3.8) is 0 Å². The summed E-state index contributed by atoms with van der Waals surface area (Å²) in [5.74, 6) is 0. The second kappa shape index (κ2) is 6.97. The van der Waals surface area contributed by atoms with E-state index < -0.39 is 0 Å². The van der Waals surface area contributed by atoms with Crippen LogP contribution in [0.5, 0.6) is 0 Å². The summed E-state index contributed by atoms with van der Waals surface area (Å²) in [6.07, 6.45) is 0. The molecule has 0 bridgehead atoms. The van der Waals surface area contributed by atoms with Crippen molar-refractivity contribution in [3.05, 3.63) is 102 Å². The summed E-state index contributed by atoms with van der Waals surface area (Å²) in [6, 6.07) is 27.3. The van der Waals surface area contributed by atoms with Crippen LogP contribution in [-0.4, -0.2) is 0 Å². The second-order valence-corrected chi connectivity index (χ2v) is 5.68. The number of aryl methyl sites for hydroxylation is 1. The number of hydrogen-bond acceptors (Lipinski definition) is 1. The molecule has 114 valence electrons. The van der Waals surface area contributed by atoms with E-state index in [2.05, 4.69) is 85.5 Å². The van der Waals surface area contributed by atoms with Gasteiger partial charge in [-0.15, -0.1) is 0 Å². The zero-order chi connectivity index (χ0) is 16.1. The lowest BCUT2D eigenvalue weighted by Crippen LogP contribution is -2.12.